The normalized spacial score (nSPS) is 12.5. The molecule has 0 saturated carbocycles. The summed E-state index contributed by atoms with van der Waals surface area (Å²) in [6.45, 7) is 1.98. The van der Waals surface area contributed by atoms with Crippen molar-refractivity contribution in [3.63, 3.8) is 0 Å². The number of nitrogens with two attached hydrogens (primary N) is 1. The first-order chi connectivity index (χ1) is 6.16. The number of carbonyl (C=O) groups is 1. The van der Waals surface area contributed by atoms with Crippen molar-refractivity contribution in [2.24, 2.45) is 5.73 Å². The molecular weight excluding hydrogens is 166 g/mol. The Morgan fingerprint density at radius 3 is 2.69 bits per heavy atom. The van der Waals surface area contributed by atoms with Crippen LogP contribution in [-0.2, 0) is 11.2 Å². The first kappa shape index (κ1) is 9.74. The second kappa shape index (κ2) is 4.05. The highest BCUT2D eigenvalue weighted by atomic mass is 16.4. The van der Waals surface area contributed by atoms with Crippen LogP contribution in [-0.4, -0.2) is 11.1 Å². The van der Waals surface area contributed by atoms with Crippen molar-refractivity contribution in [1.82, 2.24) is 0 Å². The lowest BCUT2D eigenvalue weighted by Crippen LogP contribution is -2.21. The van der Waals surface area contributed by atoms with Crippen LogP contribution in [0.25, 0.3) is 0 Å². The topological polar surface area (TPSA) is 63.3 Å². The number of rotatable bonds is 3. The predicted octanol–water partition coefficient (Wildman–Crippen LogP) is 1.33. The van der Waals surface area contributed by atoms with E-state index < -0.39 is 12.0 Å². The number of benzene rings is 1. The molecule has 0 spiro atoms. The number of hydrogen-bond donors (Lipinski definition) is 2. The molecule has 0 aliphatic heterocycles. The van der Waals surface area contributed by atoms with E-state index in [9.17, 15) is 4.79 Å². The Morgan fingerprint density at radius 2 is 2.15 bits per heavy atom. The molecule has 0 bridgehead atoms. The predicted molar refractivity (Wildman–Crippen MR) is 50.4 cm³/mol. The third-order valence-electron chi connectivity index (χ3n) is 2.04. The van der Waals surface area contributed by atoms with Gasteiger partial charge in [0.15, 0.2) is 0 Å². The summed E-state index contributed by atoms with van der Waals surface area (Å²) in [5.74, 6) is -0.985. The van der Waals surface area contributed by atoms with Gasteiger partial charge >= 0.3 is 5.97 Å². The van der Waals surface area contributed by atoms with Crippen LogP contribution in [0.1, 0.15) is 24.1 Å². The highest BCUT2D eigenvalue weighted by Crippen LogP contribution is 2.16. The molecule has 0 heterocycles. The smallest absolute Gasteiger partial charge is 0.325 e. The lowest BCUT2D eigenvalue weighted by atomic mass is 9.99. The molecule has 0 saturated heterocycles. The number of aryl methyl sites for hydroxylation is 1. The Kier molecular flexibility index (Phi) is 3.03. The van der Waals surface area contributed by atoms with Gasteiger partial charge in [-0.25, -0.2) is 0 Å². The van der Waals surface area contributed by atoms with Crippen molar-refractivity contribution in [3.8, 4) is 0 Å². The SMILES string of the molecule is CCc1ccccc1[C@@H](N)C(=O)O. The average molecular weight is 179 g/mol. The summed E-state index contributed by atoms with van der Waals surface area (Å²) >= 11 is 0. The van der Waals surface area contributed by atoms with Gasteiger partial charge in [0.25, 0.3) is 0 Å². The van der Waals surface area contributed by atoms with Gasteiger partial charge in [-0.3, -0.25) is 4.79 Å². The van der Waals surface area contributed by atoms with Gasteiger partial charge in [0.2, 0.25) is 0 Å². The molecule has 0 unspecified atom stereocenters. The minimum Gasteiger partial charge on any atom is -0.480 e. The quantitative estimate of drug-likeness (QED) is 0.735. The van der Waals surface area contributed by atoms with Crippen LogP contribution in [0.5, 0.6) is 0 Å². The van der Waals surface area contributed by atoms with E-state index in [-0.39, 0.29) is 0 Å². The molecular formula is C10H13NO2. The van der Waals surface area contributed by atoms with Crippen molar-refractivity contribution < 1.29 is 9.90 Å². The van der Waals surface area contributed by atoms with Crippen LogP contribution < -0.4 is 5.73 Å². The zero-order valence-corrected chi connectivity index (χ0v) is 7.53. The Labute approximate surface area is 77.2 Å². The van der Waals surface area contributed by atoms with Crippen LogP contribution in [0, 0.1) is 0 Å². The Morgan fingerprint density at radius 1 is 1.54 bits per heavy atom. The van der Waals surface area contributed by atoms with Gasteiger partial charge in [-0.05, 0) is 17.5 Å². The van der Waals surface area contributed by atoms with Gasteiger partial charge in [-0.1, -0.05) is 31.2 Å². The van der Waals surface area contributed by atoms with Crippen molar-refractivity contribution in [2.75, 3.05) is 0 Å². The van der Waals surface area contributed by atoms with E-state index in [2.05, 4.69) is 0 Å². The second-order valence-electron chi connectivity index (χ2n) is 2.87. The zero-order valence-electron chi connectivity index (χ0n) is 7.53. The molecule has 0 aliphatic rings. The molecule has 13 heavy (non-hydrogen) atoms. The summed E-state index contributed by atoms with van der Waals surface area (Å²) in [7, 11) is 0. The largest absolute Gasteiger partial charge is 0.480 e. The maximum absolute atomic E-state index is 10.6. The Hall–Kier alpha value is -1.35. The Balaban J connectivity index is 3.05. The fourth-order valence-corrected chi connectivity index (χ4v) is 1.29. The average Bonchev–Trinajstić information content (AvgIpc) is 2.16. The molecule has 3 N–H and O–H groups in total. The second-order valence-corrected chi connectivity index (χ2v) is 2.87. The number of carboxylic acids is 1. The number of aliphatic carboxylic acids is 1. The maximum Gasteiger partial charge on any atom is 0.325 e. The van der Waals surface area contributed by atoms with Crippen molar-refractivity contribution in [2.45, 2.75) is 19.4 Å². The molecule has 0 radical (unpaired) electrons. The highest BCUT2D eigenvalue weighted by molar-refractivity contribution is 5.75. The van der Waals surface area contributed by atoms with Crippen LogP contribution in [0.15, 0.2) is 24.3 Å². The molecule has 0 aromatic heterocycles. The van der Waals surface area contributed by atoms with Crippen molar-refractivity contribution in [1.29, 1.82) is 0 Å². The third kappa shape index (κ3) is 2.06. The van der Waals surface area contributed by atoms with Crippen LogP contribution >= 0.6 is 0 Å². The fourth-order valence-electron chi connectivity index (χ4n) is 1.29. The van der Waals surface area contributed by atoms with Crippen LogP contribution in [0.2, 0.25) is 0 Å². The summed E-state index contributed by atoms with van der Waals surface area (Å²) in [6.07, 6.45) is 0.803. The zero-order chi connectivity index (χ0) is 9.84. The summed E-state index contributed by atoms with van der Waals surface area (Å²) in [5, 5.41) is 8.73. The lowest BCUT2D eigenvalue weighted by Gasteiger charge is -2.10. The van der Waals surface area contributed by atoms with E-state index >= 15 is 0 Å². The molecule has 0 amide bonds. The molecule has 0 fully saturated rings. The van der Waals surface area contributed by atoms with E-state index in [4.69, 9.17) is 10.8 Å². The van der Waals surface area contributed by atoms with Gasteiger partial charge in [-0.15, -0.1) is 0 Å². The van der Waals surface area contributed by atoms with Crippen LogP contribution in [0.3, 0.4) is 0 Å². The van der Waals surface area contributed by atoms with E-state index in [0.29, 0.717) is 5.56 Å². The minimum atomic E-state index is -0.985. The number of carboxylic acid groups (broad SMARTS) is 1. The highest BCUT2D eigenvalue weighted by Gasteiger charge is 2.16. The molecule has 1 aromatic carbocycles. The van der Waals surface area contributed by atoms with E-state index in [1.54, 1.807) is 12.1 Å². The van der Waals surface area contributed by atoms with E-state index in [1.807, 2.05) is 19.1 Å². The van der Waals surface area contributed by atoms with Gasteiger partial charge < -0.3 is 10.8 Å². The maximum atomic E-state index is 10.6. The summed E-state index contributed by atoms with van der Waals surface area (Å²) < 4.78 is 0. The summed E-state index contributed by atoms with van der Waals surface area (Å²) in [6, 6.07) is 6.44. The number of hydrogen-bond acceptors (Lipinski definition) is 2. The lowest BCUT2D eigenvalue weighted by molar-refractivity contribution is -0.138. The monoisotopic (exact) mass is 179 g/mol. The minimum absolute atomic E-state index is 0.706. The standard InChI is InChI=1S/C10H13NO2/c1-2-7-5-3-4-6-8(7)9(11)10(12)13/h3-6,9H,2,11H2,1H3,(H,12,13)/t9-/m1/s1. The summed E-state index contributed by atoms with van der Waals surface area (Å²) in [5.41, 5.74) is 7.22. The summed E-state index contributed by atoms with van der Waals surface area (Å²) in [4.78, 5) is 10.6. The van der Waals surface area contributed by atoms with E-state index in [1.165, 1.54) is 0 Å². The third-order valence-corrected chi connectivity index (χ3v) is 2.04. The van der Waals surface area contributed by atoms with Gasteiger partial charge in [-0.2, -0.15) is 0 Å². The fraction of sp³-hybridized carbons (Fsp3) is 0.300. The first-order valence-electron chi connectivity index (χ1n) is 4.23. The van der Waals surface area contributed by atoms with Gasteiger partial charge in [0.1, 0.15) is 6.04 Å². The molecule has 1 atom stereocenters. The van der Waals surface area contributed by atoms with E-state index in [0.717, 1.165) is 12.0 Å². The molecule has 0 aliphatic carbocycles. The van der Waals surface area contributed by atoms with Crippen LogP contribution in [0.4, 0.5) is 0 Å². The molecule has 3 nitrogen and oxygen atoms in total. The molecule has 1 rings (SSSR count). The molecule has 3 heteroatoms. The van der Waals surface area contributed by atoms with Gasteiger partial charge in [0.05, 0.1) is 0 Å². The first-order valence-corrected chi connectivity index (χ1v) is 4.23. The molecule has 70 valence electrons. The van der Waals surface area contributed by atoms with Gasteiger partial charge in [0, 0.05) is 0 Å². The van der Waals surface area contributed by atoms with Crippen molar-refractivity contribution in [3.05, 3.63) is 35.4 Å². The Bertz CT molecular complexity index is 310. The van der Waals surface area contributed by atoms with Crippen molar-refractivity contribution >= 4 is 5.97 Å². The molecule has 1 aromatic rings.